The van der Waals surface area contributed by atoms with E-state index in [-0.39, 0.29) is 18.2 Å². The zero-order valence-corrected chi connectivity index (χ0v) is 21.0. The van der Waals surface area contributed by atoms with Gasteiger partial charge in [0.1, 0.15) is 12.4 Å². The van der Waals surface area contributed by atoms with Crippen LogP contribution in [0.25, 0.3) is 0 Å². The number of hydrogen-bond donors (Lipinski definition) is 1. The fraction of sp³-hybridized carbons (Fsp3) is 0.154. The molecule has 0 aliphatic rings. The molecule has 0 unspecified atom stereocenters. The van der Waals surface area contributed by atoms with Crippen LogP contribution in [0.2, 0.25) is 10.0 Å². The van der Waals surface area contributed by atoms with Gasteiger partial charge in [0.15, 0.2) is 0 Å². The predicted molar refractivity (Wildman–Crippen MR) is 139 cm³/mol. The first-order chi connectivity index (χ1) is 17.2. The summed E-state index contributed by atoms with van der Waals surface area (Å²) in [6, 6.07) is 18.2. The summed E-state index contributed by atoms with van der Waals surface area (Å²) in [5.41, 5.74) is 4.04. The summed E-state index contributed by atoms with van der Waals surface area (Å²) >= 11 is 12.6. The number of benzene rings is 3. The Labute approximate surface area is 217 Å². The molecule has 1 aromatic heterocycles. The largest absolute Gasteiger partial charge is 0.489 e. The van der Waals surface area contributed by atoms with Gasteiger partial charge in [0.2, 0.25) is 0 Å². The minimum atomic E-state index is -0.467. The zero-order valence-electron chi connectivity index (χ0n) is 19.5. The van der Waals surface area contributed by atoms with Crippen molar-refractivity contribution < 1.29 is 14.5 Å². The highest BCUT2D eigenvalue weighted by Gasteiger charge is 2.17. The summed E-state index contributed by atoms with van der Waals surface area (Å²) in [7, 11) is 0. The monoisotopic (exact) mass is 524 g/mol. The summed E-state index contributed by atoms with van der Waals surface area (Å²) in [5, 5.41) is 19.4. The Kier molecular flexibility index (Phi) is 7.57. The van der Waals surface area contributed by atoms with Crippen LogP contribution in [0.15, 0.2) is 66.7 Å². The van der Waals surface area contributed by atoms with Gasteiger partial charge in [0, 0.05) is 33.3 Å². The number of carbonyl (C=O) groups is 1. The number of nitrogens with zero attached hydrogens (tertiary/aromatic N) is 3. The maximum atomic E-state index is 13.0. The molecule has 4 rings (SSSR count). The normalized spacial score (nSPS) is 10.8. The number of amides is 1. The number of halogens is 2. The van der Waals surface area contributed by atoms with E-state index in [0.29, 0.717) is 39.3 Å². The molecule has 1 N–H and O–H groups in total. The topological polar surface area (TPSA) is 99.3 Å². The summed E-state index contributed by atoms with van der Waals surface area (Å²) in [6.07, 6.45) is 0. The zero-order chi connectivity index (χ0) is 25.8. The fourth-order valence-corrected chi connectivity index (χ4v) is 4.20. The van der Waals surface area contributed by atoms with E-state index in [1.807, 2.05) is 19.9 Å². The fourth-order valence-electron chi connectivity index (χ4n) is 3.68. The lowest BCUT2D eigenvalue weighted by atomic mass is 10.1. The molecule has 0 aliphatic heterocycles. The van der Waals surface area contributed by atoms with E-state index in [4.69, 9.17) is 27.9 Å². The van der Waals surface area contributed by atoms with E-state index in [0.717, 1.165) is 16.8 Å². The average molecular weight is 525 g/mol. The van der Waals surface area contributed by atoms with E-state index in [2.05, 4.69) is 10.4 Å². The molecule has 0 bridgehead atoms. The maximum Gasteiger partial charge on any atom is 0.269 e. The maximum absolute atomic E-state index is 13.0. The van der Waals surface area contributed by atoms with Crippen LogP contribution >= 0.6 is 23.2 Å². The van der Waals surface area contributed by atoms with Crippen LogP contribution in [-0.4, -0.2) is 20.6 Å². The van der Waals surface area contributed by atoms with Crippen LogP contribution in [0.3, 0.4) is 0 Å². The van der Waals surface area contributed by atoms with E-state index in [1.165, 1.54) is 24.3 Å². The van der Waals surface area contributed by atoms with Crippen molar-refractivity contribution in [2.45, 2.75) is 27.0 Å². The van der Waals surface area contributed by atoms with Gasteiger partial charge < -0.3 is 10.1 Å². The number of anilines is 1. The van der Waals surface area contributed by atoms with E-state index < -0.39 is 4.92 Å². The molecule has 3 aromatic carbocycles. The van der Waals surface area contributed by atoms with E-state index in [1.54, 1.807) is 41.1 Å². The van der Waals surface area contributed by atoms with Gasteiger partial charge in [-0.3, -0.25) is 19.6 Å². The minimum absolute atomic E-state index is 0.00936. The molecule has 0 spiro atoms. The van der Waals surface area contributed by atoms with Crippen LogP contribution in [0.1, 0.15) is 32.9 Å². The van der Waals surface area contributed by atoms with Gasteiger partial charge in [-0.1, -0.05) is 41.4 Å². The SMILES string of the molecule is Cc1nn(Cc2c(Cl)cccc2Cl)c(C)c1NC(=O)c1cccc(COc2ccc([N+](=O)[O-])cc2)c1. The molecule has 1 amide bonds. The molecule has 1 heterocycles. The Morgan fingerprint density at radius 1 is 1.06 bits per heavy atom. The highest BCUT2D eigenvalue weighted by Crippen LogP contribution is 2.28. The van der Waals surface area contributed by atoms with Crippen molar-refractivity contribution in [3.8, 4) is 5.75 Å². The Hall–Kier alpha value is -3.88. The average Bonchev–Trinajstić information content (AvgIpc) is 3.12. The van der Waals surface area contributed by atoms with Gasteiger partial charge in [-0.15, -0.1) is 0 Å². The van der Waals surface area contributed by atoms with Gasteiger partial charge in [-0.05, 0) is 55.8 Å². The molecule has 0 aliphatic carbocycles. The number of aryl methyl sites for hydroxylation is 1. The molecule has 0 fully saturated rings. The summed E-state index contributed by atoms with van der Waals surface area (Å²) in [6.45, 7) is 4.26. The predicted octanol–water partition coefficient (Wildman–Crippen LogP) is 6.59. The lowest BCUT2D eigenvalue weighted by Gasteiger charge is -2.10. The number of rotatable bonds is 8. The van der Waals surface area contributed by atoms with Crippen LogP contribution in [0.5, 0.6) is 5.75 Å². The molecule has 0 saturated carbocycles. The number of non-ortho nitro benzene ring substituents is 1. The molecule has 10 heteroatoms. The van der Waals surface area contributed by atoms with Crippen molar-refractivity contribution in [1.82, 2.24) is 9.78 Å². The van der Waals surface area contributed by atoms with Gasteiger partial charge >= 0.3 is 0 Å². The van der Waals surface area contributed by atoms with Gasteiger partial charge in [-0.25, -0.2) is 0 Å². The minimum Gasteiger partial charge on any atom is -0.489 e. The molecular weight excluding hydrogens is 503 g/mol. The van der Waals surface area contributed by atoms with Crippen molar-refractivity contribution in [1.29, 1.82) is 0 Å². The Bertz CT molecular complexity index is 1410. The van der Waals surface area contributed by atoms with Crippen LogP contribution in [0, 0.1) is 24.0 Å². The number of nitro groups is 1. The number of ether oxygens (including phenoxy) is 1. The third kappa shape index (κ3) is 5.67. The Morgan fingerprint density at radius 2 is 1.72 bits per heavy atom. The Balaban J connectivity index is 1.45. The molecule has 8 nitrogen and oxygen atoms in total. The smallest absolute Gasteiger partial charge is 0.269 e. The number of nitro benzene ring substituents is 1. The summed E-state index contributed by atoms with van der Waals surface area (Å²) < 4.78 is 7.46. The van der Waals surface area contributed by atoms with Crippen LogP contribution < -0.4 is 10.1 Å². The van der Waals surface area contributed by atoms with Gasteiger partial charge in [0.25, 0.3) is 11.6 Å². The molecular formula is C26H22Cl2N4O4. The molecule has 0 saturated heterocycles. The number of hydrogen-bond acceptors (Lipinski definition) is 5. The van der Waals surface area contributed by atoms with Crippen molar-refractivity contribution in [3.05, 3.63) is 115 Å². The van der Waals surface area contributed by atoms with Gasteiger partial charge in [-0.2, -0.15) is 5.10 Å². The number of nitrogens with one attached hydrogen (secondary N) is 1. The van der Waals surface area contributed by atoms with Crippen molar-refractivity contribution >= 4 is 40.5 Å². The molecule has 0 atom stereocenters. The molecule has 4 aromatic rings. The second kappa shape index (κ2) is 10.8. The Morgan fingerprint density at radius 3 is 2.39 bits per heavy atom. The summed E-state index contributed by atoms with van der Waals surface area (Å²) in [5.74, 6) is 0.210. The third-order valence-corrected chi connectivity index (χ3v) is 6.34. The highest BCUT2D eigenvalue weighted by molar-refractivity contribution is 6.36. The third-order valence-electron chi connectivity index (χ3n) is 5.63. The highest BCUT2D eigenvalue weighted by atomic mass is 35.5. The first-order valence-corrected chi connectivity index (χ1v) is 11.7. The quantitative estimate of drug-likeness (QED) is 0.207. The second-order valence-electron chi connectivity index (χ2n) is 8.10. The van der Waals surface area contributed by atoms with Crippen LogP contribution in [-0.2, 0) is 13.2 Å². The molecule has 184 valence electrons. The van der Waals surface area contributed by atoms with E-state index in [9.17, 15) is 14.9 Å². The molecule has 36 heavy (non-hydrogen) atoms. The van der Waals surface area contributed by atoms with Crippen molar-refractivity contribution in [2.75, 3.05) is 5.32 Å². The summed E-state index contributed by atoms with van der Waals surface area (Å²) in [4.78, 5) is 23.3. The lowest BCUT2D eigenvalue weighted by molar-refractivity contribution is -0.384. The lowest BCUT2D eigenvalue weighted by Crippen LogP contribution is -2.14. The standard InChI is InChI=1S/C26H22Cl2N4O4/c1-16-25(17(2)31(30-16)14-22-23(27)7-4-8-24(22)28)29-26(33)19-6-3-5-18(13-19)15-36-21-11-9-20(10-12-21)32(34)35/h3-13H,14-15H2,1-2H3,(H,29,33). The van der Waals surface area contributed by atoms with Crippen molar-refractivity contribution in [2.24, 2.45) is 0 Å². The number of aromatic nitrogens is 2. The van der Waals surface area contributed by atoms with Crippen molar-refractivity contribution in [3.63, 3.8) is 0 Å². The first-order valence-electron chi connectivity index (χ1n) is 11.0. The second-order valence-corrected chi connectivity index (χ2v) is 8.91. The van der Waals surface area contributed by atoms with Crippen LogP contribution in [0.4, 0.5) is 11.4 Å². The van der Waals surface area contributed by atoms with E-state index >= 15 is 0 Å². The molecule has 0 radical (unpaired) electrons. The van der Waals surface area contributed by atoms with Gasteiger partial charge in [0.05, 0.1) is 28.5 Å². The number of carbonyl (C=O) groups excluding carboxylic acids is 1. The first kappa shape index (κ1) is 25.2.